The number of amides is 1. The van der Waals surface area contributed by atoms with Gasteiger partial charge in [-0.25, -0.2) is 4.39 Å². The van der Waals surface area contributed by atoms with Crippen LogP contribution in [0.1, 0.15) is 47.6 Å². The van der Waals surface area contributed by atoms with Crippen molar-refractivity contribution in [2.45, 2.75) is 43.9 Å². The second-order valence-electron chi connectivity index (χ2n) is 9.98. The predicted molar refractivity (Wildman–Crippen MR) is 144 cm³/mol. The van der Waals surface area contributed by atoms with Crippen molar-refractivity contribution in [3.05, 3.63) is 74.8 Å². The number of rotatable bonds is 8. The number of pyridine rings is 1. The molecule has 1 unspecified atom stereocenters. The lowest BCUT2D eigenvalue weighted by molar-refractivity contribution is 0.0567. The lowest BCUT2D eigenvalue weighted by Crippen LogP contribution is -2.47. The number of β-amino-alcohol motifs (C(OH)–C–C–N with tert-alkyl or cyclic N) is 1. The number of piperidine rings is 1. The fraction of sp³-hybridized carbons (Fsp3) is 0.379. The normalized spacial score (nSPS) is 17.2. The van der Waals surface area contributed by atoms with Gasteiger partial charge in [0.25, 0.3) is 5.91 Å². The number of benzene rings is 2. The summed E-state index contributed by atoms with van der Waals surface area (Å²) < 4.78 is 21.7. The highest BCUT2D eigenvalue weighted by Gasteiger charge is 2.29. The van der Waals surface area contributed by atoms with Crippen molar-refractivity contribution in [3.8, 4) is 18.1 Å². The summed E-state index contributed by atoms with van der Waals surface area (Å²) in [6, 6.07) is 9.77. The molecule has 198 valence electrons. The fourth-order valence-electron chi connectivity index (χ4n) is 4.87. The molecule has 1 amide bonds. The highest BCUT2D eigenvalue weighted by Crippen LogP contribution is 2.37. The smallest absolute Gasteiger partial charge is 0.256 e. The van der Waals surface area contributed by atoms with Crippen LogP contribution in [-0.2, 0) is 0 Å². The first-order chi connectivity index (χ1) is 18.3. The van der Waals surface area contributed by atoms with Gasteiger partial charge in [-0.05, 0) is 62.1 Å². The van der Waals surface area contributed by atoms with Gasteiger partial charge >= 0.3 is 0 Å². The molecule has 1 aliphatic carbocycles. The highest BCUT2D eigenvalue weighted by atomic mass is 35.5. The Kier molecular flexibility index (Phi) is 7.70. The Morgan fingerprint density at radius 1 is 1.21 bits per heavy atom. The van der Waals surface area contributed by atoms with E-state index in [1.165, 1.54) is 6.07 Å². The van der Waals surface area contributed by atoms with Gasteiger partial charge in [0.2, 0.25) is 5.43 Å². The molecular weight excluding hydrogens is 509 g/mol. The standard InChI is InChI=1S/C29H29ClFN3O4/c1-2-18-3-7-22(8-4-18)38-17-21(35)15-33-11-9-19(10-12-33)32-29(37)24-16-34(20-5-6-20)27-14-25(30)26(31)13-23(27)28(24)36/h1,3-4,7-8,13-14,16,19-21,35H,5-6,9-12,15,17H2,(H,32,37). The number of aliphatic hydroxyl groups excluding tert-OH is 1. The van der Waals surface area contributed by atoms with Crippen LogP contribution in [0, 0.1) is 18.2 Å². The van der Waals surface area contributed by atoms with Crippen molar-refractivity contribution in [2.75, 3.05) is 26.2 Å². The number of nitrogens with one attached hydrogen (secondary N) is 1. The molecule has 7 nitrogen and oxygen atoms in total. The highest BCUT2D eigenvalue weighted by molar-refractivity contribution is 6.31. The molecule has 0 radical (unpaired) electrons. The van der Waals surface area contributed by atoms with E-state index in [9.17, 15) is 19.1 Å². The van der Waals surface area contributed by atoms with E-state index in [0.717, 1.165) is 24.5 Å². The molecule has 9 heteroatoms. The third-order valence-corrected chi connectivity index (χ3v) is 7.40. The van der Waals surface area contributed by atoms with E-state index in [0.29, 0.717) is 43.7 Å². The van der Waals surface area contributed by atoms with Gasteiger partial charge in [-0.3, -0.25) is 9.59 Å². The molecular formula is C29H29ClFN3O4. The molecule has 5 rings (SSSR count). The molecule has 1 atom stereocenters. The fourth-order valence-corrected chi connectivity index (χ4v) is 5.03. The lowest BCUT2D eigenvalue weighted by Gasteiger charge is -2.33. The molecule has 2 aliphatic rings. The Morgan fingerprint density at radius 2 is 1.92 bits per heavy atom. The van der Waals surface area contributed by atoms with Crippen molar-refractivity contribution >= 4 is 28.4 Å². The molecule has 1 aliphatic heterocycles. The van der Waals surface area contributed by atoms with Crippen LogP contribution in [0.3, 0.4) is 0 Å². The number of fused-ring (bicyclic) bond motifs is 1. The van der Waals surface area contributed by atoms with Crippen LogP contribution in [0.4, 0.5) is 4.39 Å². The zero-order chi connectivity index (χ0) is 26.8. The summed E-state index contributed by atoms with van der Waals surface area (Å²) >= 11 is 5.97. The molecule has 3 aromatic rings. The van der Waals surface area contributed by atoms with Crippen LogP contribution in [0.15, 0.2) is 47.4 Å². The van der Waals surface area contributed by atoms with Gasteiger partial charge in [0.1, 0.15) is 29.8 Å². The summed E-state index contributed by atoms with van der Waals surface area (Å²) in [5.41, 5.74) is 0.817. The van der Waals surface area contributed by atoms with Crippen LogP contribution in [0.2, 0.25) is 5.02 Å². The molecule has 2 aromatic carbocycles. The monoisotopic (exact) mass is 537 g/mol. The minimum atomic E-state index is -0.682. The number of likely N-dealkylation sites (tertiary alicyclic amines) is 1. The Hall–Kier alpha value is -3.38. The summed E-state index contributed by atoms with van der Waals surface area (Å²) in [5, 5.41) is 13.5. The summed E-state index contributed by atoms with van der Waals surface area (Å²) in [7, 11) is 0. The molecule has 1 saturated carbocycles. The Balaban J connectivity index is 1.16. The third-order valence-electron chi connectivity index (χ3n) is 7.11. The Morgan fingerprint density at radius 3 is 2.58 bits per heavy atom. The Bertz CT molecular complexity index is 1440. The van der Waals surface area contributed by atoms with E-state index in [1.807, 2.05) is 4.57 Å². The first-order valence-corrected chi connectivity index (χ1v) is 13.1. The van der Waals surface area contributed by atoms with Gasteiger partial charge in [0.15, 0.2) is 0 Å². The van der Waals surface area contributed by atoms with E-state index in [-0.39, 0.29) is 34.7 Å². The average Bonchev–Trinajstić information content (AvgIpc) is 3.76. The number of carbonyl (C=O) groups is 1. The quantitative estimate of drug-likeness (QED) is 0.428. The number of terminal acetylenes is 1. The molecule has 1 saturated heterocycles. The molecule has 2 heterocycles. The number of halogens is 2. The van der Waals surface area contributed by atoms with Gasteiger partial charge < -0.3 is 24.6 Å². The van der Waals surface area contributed by atoms with Crippen molar-refractivity contribution in [1.29, 1.82) is 0 Å². The molecule has 2 fully saturated rings. The van der Waals surface area contributed by atoms with Crippen LogP contribution < -0.4 is 15.5 Å². The summed E-state index contributed by atoms with van der Waals surface area (Å²) in [6.45, 7) is 1.99. The van der Waals surface area contributed by atoms with Crippen molar-refractivity contribution in [2.24, 2.45) is 0 Å². The second-order valence-corrected chi connectivity index (χ2v) is 10.4. The van der Waals surface area contributed by atoms with E-state index in [4.69, 9.17) is 22.8 Å². The minimum absolute atomic E-state index is 0.0106. The summed E-state index contributed by atoms with van der Waals surface area (Å²) in [5.74, 6) is 2.05. The van der Waals surface area contributed by atoms with E-state index < -0.39 is 23.3 Å². The topological polar surface area (TPSA) is 83.8 Å². The number of hydrogen-bond acceptors (Lipinski definition) is 5. The van der Waals surface area contributed by atoms with E-state index >= 15 is 0 Å². The maximum Gasteiger partial charge on any atom is 0.256 e. The van der Waals surface area contributed by atoms with Crippen LogP contribution in [-0.4, -0.2) is 58.9 Å². The molecule has 38 heavy (non-hydrogen) atoms. The number of carbonyl (C=O) groups excluding carboxylic acids is 1. The van der Waals surface area contributed by atoms with Gasteiger partial charge in [0, 0.05) is 48.9 Å². The van der Waals surface area contributed by atoms with E-state index in [2.05, 4.69) is 16.1 Å². The minimum Gasteiger partial charge on any atom is -0.491 e. The number of hydrogen-bond donors (Lipinski definition) is 2. The van der Waals surface area contributed by atoms with Crippen molar-refractivity contribution < 1.29 is 19.0 Å². The van der Waals surface area contributed by atoms with Gasteiger partial charge in [-0.2, -0.15) is 0 Å². The zero-order valence-corrected chi connectivity index (χ0v) is 21.6. The SMILES string of the molecule is C#Cc1ccc(OCC(O)CN2CCC(NC(=O)c3cn(C4CC4)c4cc(Cl)c(F)cc4c3=O)CC2)cc1. The predicted octanol–water partition coefficient (Wildman–Crippen LogP) is 3.74. The molecule has 0 bridgehead atoms. The van der Waals surface area contributed by atoms with Gasteiger partial charge in [0.05, 0.1) is 10.5 Å². The maximum absolute atomic E-state index is 14.2. The van der Waals surface area contributed by atoms with E-state index in [1.54, 1.807) is 30.5 Å². The van der Waals surface area contributed by atoms with Crippen LogP contribution in [0.25, 0.3) is 10.9 Å². The number of aliphatic hydroxyl groups is 1. The van der Waals surface area contributed by atoms with Gasteiger partial charge in [-0.1, -0.05) is 17.5 Å². The zero-order valence-electron chi connectivity index (χ0n) is 20.8. The summed E-state index contributed by atoms with van der Waals surface area (Å²) in [4.78, 5) is 28.3. The Labute approximate surface area is 225 Å². The lowest BCUT2D eigenvalue weighted by atomic mass is 10.0. The molecule has 0 spiro atoms. The largest absolute Gasteiger partial charge is 0.491 e. The maximum atomic E-state index is 14.2. The molecule has 2 N–H and O–H groups in total. The summed E-state index contributed by atoms with van der Waals surface area (Å²) in [6.07, 6.45) is 9.50. The van der Waals surface area contributed by atoms with Crippen LogP contribution >= 0.6 is 11.6 Å². The van der Waals surface area contributed by atoms with Crippen molar-refractivity contribution in [3.63, 3.8) is 0 Å². The number of aromatic nitrogens is 1. The third kappa shape index (κ3) is 5.86. The first-order valence-electron chi connectivity index (χ1n) is 12.8. The average molecular weight is 538 g/mol. The second kappa shape index (κ2) is 11.2. The first kappa shape index (κ1) is 26.2. The van der Waals surface area contributed by atoms with Gasteiger partial charge in [-0.15, -0.1) is 6.42 Å². The van der Waals surface area contributed by atoms with Crippen molar-refractivity contribution in [1.82, 2.24) is 14.8 Å². The van der Waals surface area contributed by atoms with Crippen LogP contribution in [0.5, 0.6) is 5.75 Å². The number of ether oxygens (including phenoxy) is 1. The number of nitrogens with zero attached hydrogens (tertiary/aromatic N) is 2. The molecule has 1 aromatic heterocycles.